The second-order valence-electron chi connectivity index (χ2n) is 3.37. The summed E-state index contributed by atoms with van der Waals surface area (Å²) in [5.41, 5.74) is 9.97. The van der Waals surface area contributed by atoms with Crippen molar-refractivity contribution in [2.75, 3.05) is 11.5 Å². The van der Waals surface area contributed by atoms with Crippen LogP contribution in [0.25, 0.3) is 5.69 Å². The van der Waals surface area contributed by atoms with Crippen LogP contribution in [0.5, 0.6) is 0 Å². The van der Waals surface area contributed by atoms with Gasteiger partial charge in [-0.05, 0) is 18.2 Å². The second-order valence-corrected chi connectivity index (χ2v) is 3.81. The van der Waals surface area contributed by atoms with E-state index >= 15 is 0 Å². The molecule has 0 spiro atoms. The number of halogens is 1. The number of hydrogen-bond donors (Lipinski definition) is 3. The van der Waals surface area contributed by atoms with E-state index in [1.165, 1.54) is 6.07 Å². The van der Waals surface area contributed by atoms with Gasteiger partial charge in [0.15, 0.2) is 0 Å². The second kappa shape index (κ2) is 3.99. The number of nitrogen functional groups attached to an aromatic ring is 2. The molecule has 1 aromatic carbocycles. The maximum Gasteiger partial charge on any atom is 0.334 e. The van der Waals surface area contributed by atoms with E-state index in [0.717, 1.165) is 4.57 Å². The van der Waals surface area contributed by atoms with Crippen molar-refractivity contribution in [3.8, 4) is 5.69 Å². The Morgan fingerprint density at radius 2 is 1.94 bits per heavy atom. The number of nitrogens with zero attached hydrogens (tertiary/aromatic N) is 1. The monoisotopic (exact) mass is 252 g/mol. The lowest BCUT2D eigenvalue weighted by Gasteiger charge is -2.10. The van der Waals surface area contributed by atoms with Crippen LogP contribution >= 0.6 is 11.6 Å². The van der Waals surface area contributed by atoms with Crippen LogP contribution in [0.3, 0.4) is 0 Å². The first-order chi connectivity index (χ1) is 8.00. The summed E-state index contributed by atoms with van der Waals surface area (Å²) in [5, 5.41) is 0.443. The molecule has 7 heteroatoms. The summed E-state index contributed by atoms with van der Waals surface area (Å²) in [4.78, 5) is 24.9. The van der Waals surface area contributed by atoms with Crippen LogP contribution in [-0.2, 0) is 0 Å². The Balaban J connectivity index is 2.81. The van der Waals surface area contributed by atoms with Gasteiger partial charge in [-0.3, -0.25) is 9.78 Å². The van der Waals surface area contributed by atoms with Crippen molar-refractivity contribution in [2.24, 2.45) is 0 Å². The maximum absolute atomic E-state index is 11.7. The molecule has 0 saturated heterocycles. The molecule has 88 valence electrons. The van der Waals surface area contributed by atoms with Gasteiger partial charge in [0.2, 0.25) is 0 Å². The molecule has 0 aliphatic rings. The van der Waals surface area contributed by atoms with Gasteiger partial charge >= 0.3 is 5.69 Å². The third-order valence-corrected chi connectivity index (χ3v) is 2.49. The molecular formula is C10H9ClN4O2. The summed E-state index contributed by atoms with van der Waals surface area (Å²) < 4.78 is 1.09. The molecule has 0 fully saturated rings. The fourth-order valence-corrected chi connectivity index (χ4v) is 1.62. The number of anilines is 2. The van der Waals surface area contributed by atoms with Crippen LogP contribution in [0.15, 0.2) is 33.9 Å². The van der Waals surface area contributed by atoms with Crippen LogP contribution < -0.4 is 22.7 Å². The Morgan fingerprint density at radius 1 is 1.24 bits per heavy atom. The molecule has 0 bridgehead atoms. The van der Waals surface area contributed by atoms with Crippen molar-refractivity contribution in [3.05, 3.63) is 50.1 Å². The van der Waals surface area contributed by atoms with Crippen molar-refractivity contribution < 1.29 is 0 Å². The predicted molar refractivity (Wildman–Crippen MR) is 66.5 cm³/mol. The number of benzene rings is 1. The first-order valence-electron chi connectivity index (χ1n) is 4.67. The highest BCUT2D eigenvalue weighted by atomic mass is 35.5. The molecule has 1 heterocycles. The third-order valence-electron chi connectivity index (χ3n) is 2.25. The molecule has 6 nitrogen and oxygen atoms in total. The number of nitrogens with two attached hydrogens (primary N) is 2. The zero-order chi connectivity index (χ0) is 12.6. The van der Waals surface area contributed by atoms with E-state index in [9.17, 15) is 9.59 Å². The van der Waals surface area contributed by atoms with Crippen molar-refractivity contribution in [3.63, 3.8) is 0 Å². The number of aromatic amines is 1. The summed E-state index contributed by atoms with van der Waals surface area (Å²) >= 11 is 5.81. The smallest absolute Gasteiger partial charge is 0.334 e. The van der Waals surface area contributed by atoms with E-state index in [-0.39, 0.29) is 11.5 Å². The first-order valence-corrected chi connectivity index (χ1v) is 5.04. The first kappa shape index (κ1) is 11.3. The quantitative estimate of drug-likeness (QED) is 0.680. The van der Waals surface area contributed by atoms with Gasteiger partial charge in [-0.15, -0.1) is 0 Å². The van der Waals surface area contributed by atoms with Gasteiger partial charge in [-0.2, -0.15) is 0 Å². The lowest BCUT2D eigenvalue weighted by atomic mass is 10.3. The predicted octanol–water partition coefficient (Wildman–Crippen LogP) is 0.344. The van der Waals surface area contributed by atoms with Gasteiger partial charge in [0.1, 0.15) is 11.5 Å². The molecule has 1 aromatic heterocycles. The van der Waals surface area contributed by atoms with Gasteiger partial charge in [0.05, 0.1) is 5.69 Å². The highest BCUT2D eigenvalue weighted by molar-refractivity contribution is 6.30. The fourth-order valence-electron chi connectivity index (χ4n) is 1.44. The molecule has 2 aromatic rings. The fraction of sp³-hybridized carbons (Fsp3) is 0. The van der Waals surface area contributed by atoms with E-state index in [1.807, 2.05) is 0 Å². The topological polar surface area (TPSA) is 107 Å². The van der Waals surface area contributed by atoms with Gasteiger partial charge in [0, 0.05) is 5.02 Å². The molecule has 2 rings (SSSR count). The maximum atomic E-state index is 11.7. The largest absolute Gasteiger partial charge is 0.391 e. The van der Waals surface area contributed by atoms with E-state index in [0.29, 0.717) is 10.7 Å². The summed E-state index contributed by atoms with van der Waals surface area (Å²) in [6, 6.07) is 6.48. The number of H-pyrrole nitrogens is 1. The molecule has 5 N–H and O–H groups in total. The normalized spacial score (nSPS) is 10.4. The summed E-state index contributed by atoms with van der Waals surface area (Å²) in [6.07, 6.45) is 0. The average Bonchev–Trinajstić information content (AvgIpc) is 2.26. The van der Waals surface area contributed by atoms with Crippen LogP contribution in [0.4, 0.5) is 11.5 Å². The highest BCUT2D eigenvalue weighted by Crippen LogP contribution is 2.17. The van der Waals surface area contributed by atoms with Gasteiger partial charge in [0.25, 0.3) is 5.56 Å². The molecular weight excluding hydrogens is 244 g/mol. The van der Waals surface area contributed by atoms with E-state index in [4.69, 9.17) is 23.1 Å². The highest BCUT2D eigenvalue weighted by Gasteiger charge is 2.10. The molecule has 0 atom stereocenters. The number of rotatable bonds is 1. The molecule has 0 aliphatic heterocycles. The zero-order valence-corrected chi connectivity index (χ0v) is 9.36. The summed E-state index contributed by atoms with van der Waals surface area (Å²) in [7, 11) is 0. The Bertz CT molecular complexity index is 689. The lowest BCUT2D eigenvalue weighted by molar-refractivity contribution is 0.913. The average molecular weight is 253 g/mol. The minimum absolute atomic E-state index is 0.110. The van der Waals surface area contributed by atoms with E-state index in [1.54, 1.807) is 18.2 Å². The number of nitrogens with one attached hydrogen (secondary N) is 1. The van der Waals surface area contributed by atoms with Crippen molar-refractivity contribution in [1.29, 1.82) is 0 Å². The molecule has 0 aliphatic carbocycles. The van der Waals surface area contributed by atoms with Crippen molar-refractivity contribution >= 4 is 23.1 Å². The number of aromatic nitrogens is 2. The van der Waals surface area contributed by atoms with Gasteiger partial charge in [-0.25, -0.2) is 9.36 Å². The summed E-state index contributed by atoms with van der Waals surface area (Å²) in [5.74, 6) is -0.110. The molecule has 0 unspecified atom stereocenters. The molecule has 0 radical (unpaired) electrons. The molecule has 0 saturated carbocycles. The minimum atomic E-state index is -0.703. The molecule has 17 heavy (non-hydrogen) atoms. The lowest BCUT2D eigenvalue weighted by Crippen LogP contribution is -2.32. The van der Waals surface area contributed by atoms with Crippen LogP contribution in [-0.4, -0.2) is 9.55 Å². The Hall–Kier alpha value is -2.21. The van der Waals surface area contributed by atoms with Gasteiger partial charge < -0.3 is 11.5 Å². The Labute approximate surface area is 100 Å². The minimum Gasteiger partial charge on any atom is -0.391 e. The van der Waals surface area contributed by atoms with Crippen molar-refractivity contribution in [2.45, 2.75) is 0 Å². The van der Waals surface area contributed by atoms with E-state index < -0.39 is 11.2 Å². The van der Waals surface area contributed by atoms with Crippen LogP contribution in [0.1, 0.15) is 0 Å². The van der Waals surface area contributed by atoms with Gasteiger partial charge in [-0.1, -0.05) is 17.7 Å². The van der Waals surface area contributed by atoms with Crippen LogP contribution in [0.2, 0.25) is 5.02 Å². The molecule has 0 amide bonds. The summed E-state index contributed by atoms with van der Waals surface area (Å²) in [6.45, 7) is 0. The van der Waals surface area contributed by atoms with Crippen LogP contribution in [0, 0.1) is 0 Å². The number of hydrogen-bond acceptors (Lipinski definition) is 4. The standard InChI is InChI=1S/C10H9ClN4O2/c11-5-2-1-3-6(4-5)15-8(13)7(12)9(16)14-10(15)17/h1-4H,12-13H2,(H,14,16,17). The Kier molecular flexibility index (Phi) is 2.64. The Morgan fingerprint density at radius 3 is 2.59 bits per heavy atom. The van der Waals surface area contributed by atoms with Crippen molar-refractivity contribution in [1.82, 2.24) is 9.55 Å². The third kappa shape index (κ3) is 1.90. The SMILES string of the molecule is Nc1c(N)n(-c2cccc(Cl)c2)c(=O)[nH]c1=O. The van der Waals surface area contributed by atoms with E-state index in [2.05, 4.69) is 4.98 Å². The zero-order valence-electron chi connectivity index (χ0n) is 8.61.